The highest BCUT2D eigenvalue weighted by atomic mass is 16.5. The highest BCUT2D eigenvalue weighted by Crippen LogP contribution is 2.24. The van der Waals surface area contributed by atoms with E-state index in [9.17, 15) is 0 Å². The minimum absolute atomic E-state index is 0.183. The molecule has 2 nitrogen and oxygen atoms in total. The number of ether oxygens (including phenoxy) is 2. The summed E-state index contributed by atoms with van der Waals surface area (Å²) in [5, 5.41) is 0. The van der Waals surface area contributed by atoms with Gasteiger partial charge in [-0.1, -0.05) is 51.1 Å². The maximum Gasteiger partial charge on any atom is 0.119 e. The molecule has 0 saturated carbocycles. The van der Waals surface area contributed by atoms with E-state index in [0.717, 1.165) is 17.9 Å². The molecule has 0 aliphatic heterocycles. The average molecular weight is 284 g/mol. The van der Waals surface area contributed by atoms with E-state index < -0.39 is 0 Å². The van der Waals surface area contributed by atoms with E-state index in [0.29, 0.717) is 13.2 Å². The number of hydrogen-bond acceptors (Lipinski definition) is 2. The molecule has 0 saturated heterocycles. The van der Waals surface area contributed by atoms with Gasteiger partial charge in [-0.25, -0.2) is 0 Å². The molecule has 0 atom stereocenters. The van der Waals surface area contributed by atoms with Gasteiger partial charge in [0.25, 0.3) is 0 Å². The van der Waals surface area contributed by atoms with Crippen LogP contribution in [0.1, 0.15) is 32.8 Å². The fraction of sp³-hybridized carbons (Fsp3) is 0.368. The summed E-state index contributed by atoms with van der Waals surface area (Å²) in [5.41, 5.74) is 1.50. The molecule has 0 N–H and O–H groups in total. The minimum atomic E-state index is 0.183. The van der Waals surface area contributed by atoms with Crippen LogP contribution in [-0.2, 0) is 5.41 Å². The van der Waals surface area contributed by atoms with Gasteiger partial charge in [-0.2, -0.15) is 0 Å². The van der Waals surface area contributed by atoms with Gasteiger partial charge in [0.1, 0.15) is 11.5 Å². The largest absolute Gasteiger partial charge is 0.493 e. The second-order valence-corrected chi connectivity index (χ2v) is 6.14. The van der Waals surface area contributed by atoms with Crippen LogP contribution in [0.3, 0.4) is 0 Å². The zero-order valence-corrected chi connectivity index (χ0v) is 13.1. The SMILES string of the molecule is CC(C)(C)c1ccc(OCCCOc2ccccc2)cc1. The second kappa shape index (κ2) is 7.16. The maximum atomic E-state index is 5.73. The van der Waals surface area contributed by atoms with Crippen LogP contribution in [0.2, 0.25) is 0 Å². The first-order valence-electron chi connectivity index (χ1n) is 7.47. The molecule has 2 heteroatoms. The first-order valence-corrected chi connectivity index (χ1v) is 7.47. The Morgan fingerprint density at radius 2 is 1.24 bits per heavy atom. The van der Waals surface area contributed by atoms with E-state index in [1.165, 1.54) is 5.56 Å². The third-order valence-electron chi connectivity index (χ3n) is 3.29. The van der Waals surface area contributed by atoms with E-state index >= 15 is 0 Å². The molecule has 0 radical (unpaired) electrons. The zero-order chi connectivity index (χ0) is 15.1. The molecule has 0 aliphatic rings. The Morgan fingerprint density at radius 3 is 1.76 bits per heavy atom. The third kappa shape index (κ3) is 5.14. The number of benzene rings is 2. The lowest BCUT2D eigenvalue weighted by Gasteiger charge is -2.19. The van der Waals surface area contributed by atoms with E-state index in [2.05, 4.69) is 32.9 Å². The van der Waals surface area contributed by atoms with Crippen molar-refractivity contribution in [2.24, 2.45) is 0 Å². The lowest BCUT2D eigenvalue weighted by Crippen LogP contribution is -2.10. The molecule has 2 aromatic rings. The fourth-order valence-electron chi connectivity index (χ4n) is 2.01. The van der Waals surface area contributed by atoms with Crippen LogP contribution >= 0.6 is 0 Å². The molecule has 0 aromatic heterocycles. The van der Waals surface area contributed by atoms with Gasteiger partial charge >= 0.3 is 0 Å². The second-order valence-electron chi connectivity index (χ2n) is 6.14. The van der Waals surface area contributed by atoms with E-state index in [4.69, 9.17) is 9.47 Å². The van der Waals surface area contributed by atoms with Crippen LogP contribution in [0.25, 0.3) is 0 Å². The molecule has 0 unspecified atom stereocenters. The molecule has 112 valence electrons. The molecule has 0 heterocycles. The number of para-hydroxylation sites is 1. The Bertz CT molecular complexity index is 524. The predicted molar refractivity (Wildman–Crippen MR) is 87.2 cm³/mol. The van der Waals surface area contributed by atoms with Gasteiger partial charge < -0.3 is 9.47 Å². The van der Waals surface area contributed by atoms with Crippen molar-refractivity contribution in [2.45, 2.75) is 32.6 Å². The molecule has 0 bridgehead atoms. The van der Waals surface area contributed by atoms with Crippen LogP contribution in [0.15, 0.2) is 54.6 Å². The summed E-state index contributed by atoms with van der Waals surface area (Å²) in [5.74, 6) is 1.83. The topological polar surface area (TPSA) is 18.5 Å². The van der Waals surface area contributed by atoms with Gasteiger partial charge in [0.2, 0.25) is 0 Å². The van der Waals surface area contributed by atoms with Crippen molar-refractivity contribution in [3.05, 3.63) is 60.2 Å². The molecule has 0 aliphatic carbocycles. The summed E-state index contributed by atoms with van der Waals surface area (Å²) in [6.45, 7) is 7.98. The standard InChI is InChI=1S/C19H24O2/c1-19(2,3)16-10-12-18(13-11-16)21-15-7-14-20-17-8-5-4-6-9-17/h4-6,8-13H,7,14-15H2,1-3H3. The molecular weight excluding hydrogens is 260 g/mol. The van der Waals surface area contributed by atoms with Crippen LogP contribution < -0.4 is 9.47 Å². The Kier molecular flexibility index (Phi) is 5.26. The molecule has 0 fully saturated rings. The third-order valence-corrected chi connectivity index (χ3v) is 3.29. The van der Waals surface area contributed by atoms with Gasteiger partial charge in [0.05, 0.1) is 13.2 Å². The van der Waals surface area contributed by atoms with Crippen LogP contribution in [0, 0.1) is 0 Å². The fourth-order valence-corrected chi connectivity index (χ4v) is 2.01. The highest BCUT2D eigenvalue weighted by molar-refractivity contribution is 5.31. The Balaban J connectivity index is 1.69. The molecular formula is C19H24O2. The van der Waals surface area contributed by atoms with Crippen LogP contribution in [0.4, 0.5) is 0 Å². The van der Waals surface area contributed by atoms with E-state index in [1.807, 2.05) is 42.5 Å². The Labute approximate surface area is 127 Å². The lowest BCUT2D eigenvalue weighted by atomic mass is 9.87. The molecule has 0 spiro atoms. The van der Waals surface area contributed by atoms with Crippen molar-refractivity contribution in [1.29, 1.82) is 0 Å². The van der Waals surface area contributed by atoms with Gasteiger partial charge in [-0.3, -0.25) is 0 Å². The smallest absolute Gasteiger partial charge is 0.119 e. The van der Waals surface area contributed by atoms with Crippen LogP contribution in [-0.4, -0.2) is 13.2 Å². The summed E-state index contributed by atoms with van der Waals surface area (Å²) >= 11 is 0. The normalized spacial score (nSPS) is 11.2. The highest BCUT2D eigenvalue weighted by Gasteiger charge is 2.12. The Hall–Kier alpha value is -1.96. The van der Waals surface area contributed by atoms with Crippen molar-refractivity contribution >= 4 is 0 Å². The summed E-state index contributed by atoms with van der Waals surface area (Å²) in [6.07, 6.45) is 0.871. The minimum Gasteiger partial charge on any atom is -0.493 e. The summed E-state index contributed by atoms with van der Waals surface area (Å²) < 4.78 is 11.4. The average Bonchev–Trinajstić information content (AvgIpc) is 2.47. The van der Waals surface area contributed by atoms with Gasteiger partial charge in [0, 0.05) is 6.42 Å². The van der Waals surface area contributed by atoms with Crippen molar-refractivity contribution in [1.82, 2.24) is 0 Å². The van der Waals surface area contributed by atoms with E-state index in [1.54, 1.807) is 0 Å². The van der Waals surface area contributed by atoms with Gasteiger partial charge in [-0.15, -0.1) is 0 Å². The van der Waals surface area contributed by atoms with Crippen LogP contribution in [0.5, 0.6) is 11.5 Å². The first kappa shape index (κ1) is 15.4. The summed E-state index contributed by atoms with van der Waals surface area (Å²) in [6, 6.07) is 18.2. The number of hydrogen-bond donors (Lipinski definition) is 0. The number of rotatable bonds is 6. The van der Waals surface area contributed by atoms with Gasteiger partial charge in [-0.05, 0) is 35.2 Å². The zero-order valence-electron chi connectivity index (χ0n) is 13.1. The summed E-state index contributed by atoms with van der Waals surface area (Å²) in [4.78, 5) is 0. The van der Waals surface area contributed by atoms with Crippen molar-refractivity contribution in [3.8, 4) is 11.5 Å². The molecule has 21 heavy (non-hydrogen) atoms. The molecule has 2 aromatic carbocycles. The monoisotopic (exact) mass is 284 g/mol. The Morgan fingerprint density at radius 1 is 0.714 bits per heavy atom. The molecule has 2 rings (SSSR count). The maximum absolute atomic E-state index is 5.73. The van der Waals surface area contributed by atoms with Crippen molar-refractivity contribution in [2.75, 3.05) is 13.2 Å². The van der Waals surface area contributed by atoms with E-state index in [-0.39, 0.29) is 5.41 Å². The quantitative estimate of drug-likeness (QED) is 0.707. The van der Waals surface area contributed by atoms with Crippen molar-refractivity contribution in [3.63, 3.8) is 0 Å². The predicted octanol–water partition coefficient (Wildman–Crippen LogP) is 4.83. The van der Waals surface area contributed by atoms with Crippen molar-refractivity contribution < 1.29 is 9.47 Å². The first-order chi connectivity index (χ1) is 10.1. The summed E-state index contributed by atoms with van der Waals surface area (Å²) in [7, 11) is 0. The molecule has 0 amide bonds. The lowest BCUT2D eigenvalue weighted by molar-refractivity contribution is 0.247. The van der Waals surface area contributed by atoms with Gasteiger partial charge in [0.15, 0.2) is 0 Å².